The highest BCUT2D eigenvalue weighted by atomic mass is 35.5. The average Bonchev–Trinajstić information content (AvgIpc) is 2.81. The lowest BCUT2D eigenvalue weighted by Gasteiger charge is -2.32. The van der Waals surface area contributed by atoms with Crippen molar-refractivity contribution in [2.75, 3.05) is 30.7 Å². The van der Waals surface area contributed by atoms with E-state index in [0.717, 1.165) is 61.5 Å². The molecule has 0 aliphatic carbocycles. The summed E-state index contributed by atoms with van der Waals surface area (Å²) in [5, 5.41) is 7.80. The van der Waals surface area contributed by atoms with Crippen molar-refractivity contribution < 1.29 is 4.79 Å². The van der Waals surface area contributed by atoms with E-state index >= 15 is 0 Å². The molecule has 33 heavy (non-hydrogen) atoms. The van der Waals surface area contributed by atoms with E-state index < -0.39 is 0 Å². The van der Waals surface area contributed by atoms with E-state index in [4.69, 9.17) is 0 Å². The van der Waals surface area contributed by atoms with Crippen LogP contribution in [0.25, 0.3) is 10.9 Å². The molecule has 0 saturated carbocycles. The predicted molar refractivity (Wildman–Crippen MR) is 140 cm³/mol. The number of carbonyl (C=O) groups excluding carboxylic acids is 1. The van der Waals surface area contributed by atoms with Crippen LogP contribution >= 0.6 is 36.6 Å². The van der Waals surface area contributed by atoms with Crippen LogP contribution in [0, 0.1) is 0 Å². The zero-order valence-corrected chi connectivity index (χ0v) is 20.8. The Balaban J connectivity index is 0.00000153. The second-order valence-corrected chi connectivity index (χ2v) is 9.24. The maximum Gasteiger partial charge on any atom is 0.235 e. The van der Waals surface area contributed by atoms with E-state index in [0.29, 0.717) is 17.6 Å². The van der Waals surface area contributed by atoms with Crippen LogP contribution in [-0.2, 0) is 17.8 Å². The van der Waals surface area contributed by atoms with Crippen molar-refractivity contribution in [2.24, 2.45) is 0 Å². The number of likely N-dealkylation sites (tertiary alicyclic amines) is 1. The Labute approximate surface area is 211 Å². The Morgan fingerprint density at radius 3 is 2.76 bits per heavy atom. The van der Waals surface area contributed by atoms with Crippen molar-refractivity contribution in [3.8, 4) is 0 Å². The van der Waals surface area contributed by atoms with E-state index in [2.05, 4.69) is 61.9 Å². The summed E-state index contributed by atoms with van der Waals surface area (Å²) in [4.78, 5) is 24.3. The molecule has 1 aromatic carbocycles. The molecule has 9 heteroatoms. The van der Waals surface area contributed by atoms with Gasteiger partial charge in [-0.3, -0.25) is 9.78 Å². The number of nitrogens with zero attached hydrogens (tertiary/aromatic N) is 3. The minimum absolute atomic E-state index is 0. The van der Waals surface area contributed by atoms with E-state index in [9.17, 15) is 4.79 Å². The Hall–Kier alpha value is -1.90. The van der Waals surface area contributed by atoms with Gasteiger partial charge in [-0.25, -0.2) is 4.98 Å². The summed E-state index contributed by atoms with van der Waals surface area (Å²) in [6.45, 7) is 4.06. The molecule has 3 aromatic rings. The van der Waals surface area contributed by atoms with Crippen LogP contribution in [0.4, 0.5) is 5.82 Å². The van der Waals surface area contributed by atoms with Crippen molar-refractivity contribution in [3.05, 3.63) is 59.9 Å². The lowest BCUT2D eigenvalue weighted by Crippen LogP contribution is -2.43. The number of fused-ring (bicyclic) bond motifs is 2. The summed E-state index contributed by atoms with van der Waals surface area (Å²) < 4.78 is 0. The first-order chi connectivity index (χ1) is 15.2. The number of anilines is 1. The SMILES string of the molecule is Cl.Cl.O=C1CSc2ccc(CNC3CCN(CCc4ccnc5ccccc45)CC3)nc2N1. The molecule has 5 rings (SSSR count). The minimum Gasteiger partial charge on any atom is -0.309 e. The fourth-order valence-electron chi connectivity index (χ4n) is 4.36. The number of aromatic nitrogens is 2. The van der Waals surface area contributed by atoms with E-state index in [1.165, 1.54) is 10.9 Å². The molecule has 2 aromatic heterocycles. The third kappa shape index (κ3) is 6.37. The predicted octanol–water partition coefficient (Wildman–Crippen LogP) is 4.31. The van der Waals surface area contributed by atoms with Gasteiger partial charge in [0.1, 0.15) is 5.82 Å². The molecule has 0 spiro atoms. The van der Waals surface area contributed by atoms with Gasteiger partial charge in [0.15, 0.2) is 0 Å². The van der Waals surface area contributed by atoms with Crippen molar-refractivity contribution >= 4 is 59.2 Å². The van der Waals surface area contributed by atoms with Crippen LogP contribution in [0.2, 0.25) is 0 Å². The molecule has 1 amide bonds. The topological polar surface area (TPSA) is 70.2 Å². The summed E-state index contributed by atoms with van der Waals surface area (Å²) in [7, 11) is 0. The van der Waals surface area contributed by atoms with Crippen molar-refractivity contribution in [1.82, 2.24) is 20.2 Å². The van der Waals surface area contributed by atoms with Gasteiger partial charge in [-0.15, -0.1) is 36.6 Å². The number of amides is 1. The molecule has 2 aliphatic heterocycles. The van der Waals surface area contributed by atoms with E-state index in [1.54, 1.807) is 11.8 Å². The summed E-state index contributed by atoms with van der Waals surface area (Å²) in [6.07, 6.45) is 5.28. The number of pyridine rings is 2. The minimum atomic E-state index is 0. The number of rotatable bonds is 6. The Morgan fingerprint density at radius 2 is 1.91 bits per heavy atom. The van der Waals surface area contributed by atoms with Gasteiger partial charge in [0.25, 0.3) is 0 Å². The quantitative estimate of drug-likeness (QED) is 0.519. The molecule has 0 unspecified atom stereocenters. The second kappa shape index (κ2) is 12.0. The van der Waals surface area contributed by atoms with Gasteiger partial charge in [0.05, 0.1) is 21.9 Å². The van der Waals surface area contributed by atoms with Gasteiger partial charge < -0.3 is 15.5 Å². The number of carbonyl (C=O) groups is 1. The van der Waals surface area contributed by atoms with Gasteiger partial charge in [-0.1, -0.05) is 18.2 Å². The smallest absolute Gasteiger partial charge is 0.235 e. The van der Waals surface area contributed by atoms with Crippen LogP contribution in [0.5, 0.6) is 0 Å². The summed E-state index contributed by atoms with van der Waals surface area (Å²) >= 11 is 1.55. The van der Waals surface area contributed by atoms with Crippen molar-refractivity contribution in [3.63, 3.8) is 0 Å². The number of thioether (sulfide) groups is 1. The zero-order chi connectivity index (χ0) is 21.0. The number of hydrogen-bond donors (Lipinski definition) is 2. The fraction of sp³-hybridized carbons (Fsp3) is 0.375. The van der Waals surface area contributed by atoms with E-state index in [1.807, 2.05) is 12.3 Å². The number of halogens is 2. The number of nitrogens with one attached hydrogen (secondary N) is 2. The number of para-hydroxylation sites is 1. The standard InChI is InChI=1S/C24H27N5OS.2ClH/c30-23-16-31-22-6-5-19(27-24(22)28-23)15-26-18-9-13-29(14-10-18)12-8-17-7-11-25-21-4-2-1-3-20(17)21;;/h1-7,11,18,26H,8-10,12-16H2,(H,27,28,30);2*1H. The lowest BCUT2D eigenvalue weighted by molar-refractivity contribution is -0.113. The molecule has 4 heterocycles. The molecule has 176 valence electrons. The lowest BCUT2D eigenvalue weighted by atomic mass is 10.0. The third-order valence-corrected chi connectivity index (χ3v) is 7.18. The van der Waals surface area contributed by atoms with Gasteiger partial charge in [-0.05, 0) is 62.2 Å². The molecule has 1 saturated heterocycles. The summed E-state index contributed by atoms with van der Waals surface area (Å²) in [5.41, 5.74) is 3.44. The number of piperidine rings is 1. The van der Waals surface area contributed by atoms with Gasteiger partial charge in [0.2, 0.25) is 5.91 Å². The first-order valence-electron chi connectivity index (χ1n) is 11.0. The second-order valence-electron chi connectivity index (χ2n) is 8.22. The number of benzene rings is 1. The highest BCUT2D eigenvalue weighted by molar-refractivity contribution is 8.00. The molecule has 0 radical (unpaired) electrons. The highest BCUT2D eigenvalue weighted by Crippen LogP contribution is 2.29. The van der Waals surface area contributed by atoms with Crippen LogP contribution < -0.4 is 10.6 Å². The first-order valence-corrected chi connectivity index (χ1v) is 11.9. The van der Waals surface area contributed by atoms with E-state index in [-0.39, 0.29) is 30.7 Å². The molecular formula is C24H29Cl2N5OS. The monoisotopic (exact) mass is 505 g/mol. The summed E-state index contributed by atoms with van der Waals surface area (Å²) in [6, 6.07) is 15.2. The maximum atomic E-state index is 11.6. The molecule has 1 fully saturated rings. The van der Waals surface area contributed by atoms with Crippen LogP contribution in [0.1, 0.15) is 24.1 Å². The van der Waals surface area contributed by atoms with Crippen LogP contribution in [-0.4, -0.2) is 52.2 Å². The molecule has 6 nitrogen and oxygen atoms in total. The molecule has 0 atom stereocenters. The average molecular weight is 507 g/mol. The van der Waals surface area contributed by atoms with Gasteiger partial charge in [-0.2, -0.15) is 0 Å². The Bertz CT molecular complexity index is 1090. The van der Waals surface area contributed by atoms with Crippen molar-refractivity contribution in [1.29, 1.82) is 0 Å². The third-order valence-electron chi connectivity index (χ3n) is 6.13. The van der Waals surface area contributed by atoms with Gasteiger partial charge >= 0.3 is 0 Å². The van der Waals surface area contributed by atoms with Crippen LogP contribution in [0.15, 0.2) is 53.6 Å². The Morgan fingerprint density at radius 1 is 1.09 bits per heavy atom. The number of hydrogen-bond acceptors (Lipinski definition) is 6. The molecule has 2 aliphatic rings. The molecule has 0 bridgehead atoms. The first kappa shape index (κ1) is 25.7. The fourth-order valence-corrected chi connectivity index (χ4v) is 5.12. The molecular weight excluding hydrogens is 477 g/mol. The maximum absolute atomic E-state index is 11.6. The normalized spacial score (nSPS) is 16.4. The van der Waals surface area contributed by atoms with Crippen LogP contribution in [0.3, 0.4) is 0 Å². The largest absolute Gasteiger partial charge is 0.309 e. The zero-order valence-electron chi connectivity index (χ0n) is 18.3. The van der Waals surface area contributed by atoms with Gasteiger partial charge in [0, 0.05) is 30.7 Å². The molecule has 2 N–H and O–H groups in total. The highest BCUT2D eigenvalue weighted by Gasteiger charge is 2.20. The van der Waals surface area contributed by atoms with Crippen molar-refractivity contribution in [2.45, 2.75) is 36.7 Å². The summed E-state index contributed by atoms with van der Waals surface area (Å²) in [5.74, 6) is 1.21. The Kier molecular flexibility index (Phi) is 9.35.